The molecule has 0 aromatic heterocycles. The van der Waals surface area contributed by atoms with Crippen LogP contribution in [0.25, 0.3) is 0 Å². The average molecular weight is 513 g/mol. The number of hydrogen-bond donors (Lipinski definition) is 2. The van der Waals surface area contributed by atoms with Crippen molar-refractivity contribution in [3.05, 3.63) is 11.1 Å². The van der Waals surface area contributed by atoms with Crippen molar-refractivity contribution in [2.75, 3.05) is 0 Å². The van der Waals surface area contributed by atoms with E-state index in [0.29, 0.717) is 19.3 Å². The third kappa shape index (κ3) is 2.09. The first-order chi connectivity index (χ1) is 17.3. The zero-order valence-electron chi connectivity index (χ0n) is 22.7. The van der Waals surface area contributed by atoms with E-state index in [4.69, 9.17) is 14.2 Å². The van der Waals surface area contributed by atoms with Crippen molar-refractivity contribution in [2.24, 2.45) is 52.8 Å². The number of carbonyl (C=O) groups excluding carboxylic acids is 2. The quantitative estimate of drug-likeness (QED) is 0.380. The van der Waals surface area contributed by atoms with Gasteiger partial charge in [0.2, 0.25) is 0 Å². The van der Waals surface area contributed by atoms with Gasteiger partial charge in [-0.3, -0.25) is 9.59 Å². The lowest BCUT2D eigenvalue weighted by molar-refractivity contribution is -0.221. The number of rotatable bonds is 0. The number of aliphatic hydroxyl groups is 2. The maximum atomic E-state index is 13.2. The number of allylic oxidation sites excluding steroid dienone is 1. The van der Waals surface area contributed by atoms with Gasteiger partial charge in [0.05, 0.1) is 34.1 Å². The van der Waals surface area contributed by atoms with Crippen LogP contribution in [0.1, 0.15) is 73.6 Å². The summed E-state index contributed by atoms with van der Waals surface area (Å²) in [6.45, 7) is 12.2. The summed E-state index contributed by atoms with van der Waals surface area (Å²) < 4.78 is 19.4. The molecule has 15 atom stereocenters. The number of carbonyl (C=O) groups is 2. The highest BCUT2D eigenvalue weighted by atomic mass is 16.6. The molecule has 0 radical (unpaired) electrons. The minimum atomic E-state index is -1.16. The summed E-state index contributed by atoms with van der Waals surface area (Å²) in [6.07, 6.45) is 2.74. The zero-order chi connectivity index (χ0) is 26.2. The maximum Gasteiger partial charge on any atom is 0.309 e. The van der Waals surface area contributed by atoms with Crippen molar-refractivity contribution < 1.29 is 34.0 Å². The zero-order valence-corrected chi connectivity index (χ0v) is 22.7. The number of hydrogen-bond acceptors (Lipinski definition) is 7. The maximum absolute atomic E-state index is 13.2. The molecule has 0 aromatic rings. The molecular formula is C30H40O7. The molecule has 0 unspecified atom stereocenters. The van der Waals surface area contributed by atoms with Crippen LogP contribution in [0.3, 0.4) is 0 Å². The number of esters is 2. The minimum Gasteiger partial charge on any atom is -0.461 e. The van der Waals surface area contributed by atoms with Gasteiger partial charge in [0.1, 0.15) is 17.8 Å². The summed E-state index contributed by atoms with van der Waals surface area (Å²) in [7, 11) is 0. The Labute approximate surface area is 218 Å². The first-order valence-corrected chi connectivity index (χ1v) is 14.5. The standard InChI is InChI=1S/C30H40O7/c1-12-15-7-9-26(4,33)21-18(22(15)35-24(12)31)14(3)20-19(21)17-11-28(6)29(20)23-16(13(2)25(32)36-23)8-10-27(5,37-28)30(17,29)34/h12-13,15-17,19-23,33-34H,7-11H2,1-6H3/t12-,13-,15-,16+,17+,19-,20-,21-,22-,23-,26-,27-,28-,29-,30+/m0/s1. The van der Waals surface area contributed by atoms with E-state index in [0.717, 1.165) is 24.0 Å². The van der Waals surface area contributed by atoms with E-state index < -0.39 is 33.9 Å². The van der Waals surface area contributed by atoms with Gasteiger partial charge in [-0.1, -0.05) is 19.4 Å². The van der Waals surface area contributed by atoms with Crippen LogP contribution in [0.5, 0.6) is 0 Å². The lowest BCUT2D eigenvalue weighted by Crippen LogP contribution is -2.62. The molecule has 5 aliphatic carbocycles. The molecule has 5 bridgehead atoms. The number of fused-ring (bicyclic) bond motifs is 7. The lowest BCUT2D eigenvalue weighted by atomic mass is 9.54. The molecule has 0 spiro atoms. The van der Waals surface area contributed by atoms with Gasteiger partial charge < -0.3 is 24.4 Å². The van der Waals surface area contributed by atoms with Gasteiger partial charge in [-0.2, -0.15) is 0 Å². The SMILES string of the molecule is CC1=C2[C@H]3OC(=O)[C@@H](C)[C@@H]3CC[C@](C)(O)[C@@H]2[C@H]2[C@H]3C[C@]4(C)O[C@@]5(C)CC[C@@H]6[C@H](C)C(=O)O[C@@H]6[C@]4([C@@H]12)[C@@]35O. The van der Waals surface area contributed by atoms with Crippen LogP contribution < -0.4 is 0 Å². The van der Waals surface area contributed by atoms with Gasteiger partial charge in [-0.25, -0.2) is 0 Å². The third-order valence-corrected chi connectivity index (χ3v) is 13.5. The van der Waals surface area contributed by atoms with Crippen LogP contribution >= 0.6 is 0 Å². The second-order valence-electron chi connectivity index (χ2n) is 14.7. The Bertz CT molecular complexity index is 1190. The highest BCUT2D eigenvalue weighted by Crippen LogP contribution is 2.86. The Morgan fingerprint density at radius 1 is 0.865 bits per heavy atom. The summed E-state index contributed by atoms with van der Waals surface area (Å²) in [5, 5.41) is 25.3. The predicted octanol–water partition coefficient (Wildman–Crippen LogP) is 3.16. The lowest BCUT2D eigenvalue weighted by Gasteiger charge is -2.53. The summed E-state index contributed by atoms with van der Waals surface area (Å²) in [5.74, 6) is -1.06. The molecule has 2 N–H and O–H groups in total. The largest absolute Gasteiger partial charge is 0.461 e. The van der Waals surface area contributed by atoms with E-state index in [2.05, 4.69) is 20.8 Å². The fourth-order valence-electron chi connectivity index (χ4n) is 12.4. The van der Waals surface area contributed by atoms with Crippen LogP contribution in [0, 0.1) is 52.8 Å². The summed E-state index contributed by atoms with van der Waals surface area (Å²) in [6, 6.07) is 0. The van der Waals surface area contributed by atoms with Crippen molar-refractivity contribution in [3.63, 3.8) is 0 Å². The summed E-state index contributed by atoms with van der Waals surface area (Å²) in [4.78, 5) is 25.8. The van der Waals surface area contributed by atoms with Crippen LogP contribution in [0.15, 0.2) is 11.1 Å². The van der Waals surface area contributed by atoms with Gasteiger partial charge in [0.25, 0.3) is 0 Å². The van der Waals surface area contributed by atoms with Crippen molar-refractivity contribution in [2.45, 2.75) is 108 Å². The first kappa shape index (κ1) is 23.4. The fraction of sp³-hybridized carbons (Fsp3) is 0.867. The molecule has 37 heavy (non-hydrogen) atoms. The van der Waals surface area contributed by atoms with Crippen LogP contribution in [0.4, 0.5) is 0 Å². The van der Waals surface area contributed by atoms with E-state index in [1.54, 1.807) is 0 Å². The molecule has 8 aliphatic rings. The van der Waals surface area contributed by atoms with Gasteiger partial charge in [0, 0.05) is 17.8 Å². The molecule has 8 rings (SSSR count). The van der Waals surface area contributed by atoms with E-state index in [-0.39, 0.29) is 65.4 Å². The monoisotopic (exact) mass is 512 g/mol. The summed E-state index contributed by atoms with van der Waals surface area (Å²) in [5.41, 5.74) is -2.11. The molecule has 7 heteroatoms. The topological polar surface area (TPSA) is 102 Å². The number of ether oxygens (including phenoxy) is 3. The van der Waals surface area contributed by atoms with Gasteiger partial charge in [-0.05, 0) is 83.1 Å². The van der Waals surface area contributed by atoms with Crippen molar-refractivity contribution >= 4 is 11.9 Å². The molecule has 3 saturated heterocycles. The highest BCUT2D eigenvalue weighted by molar-refractivity contribution is 5.76. The van der Waals surface area contributed by atoms with Gasteiger partial charge >= 0.3 is 11.9 Å². The highest BCUT2D eigenvalue weighted by Gasteiger charge is 2.95. The van der Waals surface area contributed by atoms with Gasteiger partial charge in [-0.15, -0.1) is 0 Å². The normalized spacial score (nSPS) is 64.5. The van der Waals surface area contributed by atoms with Crippen molar-refractivity contribution in [1.82, 2.24) is 0 Å². The Kier molecular flexibility index (Phi) is 4.00. The smallest absolute Gasteiger partial charge is 0.309 e. The molecule has 202 valence electrons. The Hall–Kier alpha value is -1.44. The molecule has 7 fully saturated rings. The van der Waals surface area contributed by atoms with Crippen molar-refractivity contribution in [1.29, 1.82) is 0 Å². The van der Waals surface area contributed by atoms with Gasteiger partial charge in [0.15, 0.2) is 0 Å². The average Bonchev–Trinajstić information content (AvgIpc) is 3.49. The van der Waals surface area contributed by atoms with E-state index in [1.807, 2.05) is 20.8 Å². The second-order valence-corrected chi connectivity index (χ2v) is 14.7. The molecular weight excluding hydrogens is 472 g/mol. The van der Waals surface area contributed by atoms with Crippen LogP contribution in [0.2, 0.25) is 0 Å². The molecule has 3 aliphatic heterocycles. The molecule has 4 saturated carbocycles. The first-order valence-electron chi connectivity index (χ1n) is 14.5. The van der Waals surface area contributed by atoms with E-state index >= 15 is 0 Å². The Morgan fingerprint density at radius 3 is 2.24 bits per heavy atom. The second kappa shape index (κ2) is 6.31. The predicted molar refractivity (Wildman–Crippen MR) is 131 cm³/mol. The summed E-state index contributed by atoms with van der Waals surface area (Å²) >= 11 is 0. The van der Waals surface area contributed by atoms with E-state index in [1.165, 1.54) is 0 Å². The third-order valence-electron chi connectivity index (χ3n) is 13.5. The van der Waals surface area contributed by atoms with Crippen LogP contribution in [-0.2, 0) is 23.8 Å². The Morgan fingerprint density at radius 2 is 1.51 bits per heavy atom. The minimum absolute atomic E-state index is 0.00647. The van der Waals surface area contributed by atoms with E-state index in [9.17, 15) is 19.8 Å². The molecule has 0 amide bonds. The fourth-order valence-corrected chi connectivity index (χ4v) is 12.4. The Balaban J connectivity index is 1.40. The van der Waals surface area contributed by atoms with Crippen LogP contribution in [-0.4, -0.2) is 56.8 Å². The molecule has 3 heterocycles. The van der Waals surface area contributed by atoms with Crippen molar-refractivity contribution in [3.8, 4) is 0 Å². The molecule has 7 nitrogen and oxygen atoms in total. The molecule has 0 aromatic carbocycles.